The SMILES string of the molecule is COc1ncnc(OC)c1-n1c(NS(=O)(=O)[C@@H](C)[C@H](OC)c2ncc(Cl)cn2)nnc1[C@H]1C[C@@H](OC(F)F)C1. The highest BCUT2D eigenvalue weighted by Crippen LogP contribution is 2.42. The third-order valence-corrected chi connectivity index (χ3v) is 8.00. The summed E-state index contributed by atoms with van der Waals surface area (Å²) in [5, 5.41) is 7.26. The van der Waals surface area contributed by atoms with Crippen molar-refractivity contribution in [2.75, 3.05) is 26.1 Å². The molecule has 0 aliphatic heterocycles. The first-order valence-corrected chi connectivity index (χ1v) is 13.4. The molecule has 0 saturated heterocycles. The molecule has 3 aromatic heterocycles. The smallest absolute Gasteiger partial charge is 0.345 e. The fraction of sp³-hybridized carbons (Fsp3) is 0.524. The van der Waals surface area contributed by atoms with Crippen LogP contribution in [-0.2, 0) is 19.5 Å². The summed E-state index contributed by atoms with van der Waals surface area (Å²) in [4.78, 5) is 16.3. The van der Waals surface area contributed by atoms with E-state index in [-0.39, 0.29) is 52.9 Å². The summed E-state index contributed by atoms with van der Waals surface area (Å²) in [7, 11) is -0.211. The van der Waals surface area contributed by atoms with Crippen LogP contribution in [-0.4, -0.2) is 82.4 Å². The van der Waals surface area contributed by atoms with Crippen molar-refractivity contribution in [2.24, 2.45) is 0 Å². The third-order valence-electron chi connectivity index (χ3n) is 6.11. The highest BCUT2D eigenvalue weighted by Gasteiger charge is 2.40. The van der Waals surface area contributed by atoms with Crippen LogP contribution in [0, 0.1) is 0 Å². The monoisotopic (exact) mass is 590 g/mol. The number of sulfonamides is 1. The van der Waals surface area contributed by atoms with Gasteiger partial charge in [0.25, 0.3) is 0 Å². The summed E-state index contributed by atoms with van der Waals surface area (Å²) in [5.74, 6) is -0.249. The number of hydrogen-bond donors (Lipinski definition) is 1. The molecule has 0 amide bonds. The van der Waals surface area contributed by atoms with Gasteiger partial charge in [0.15, 0.2) is 11.5 Å². The second-order valence-electron chi connectivity index (χ2n) is 8.41. The van der Waals surface area contributed by atoms with E-state index in [1.165, 1.54) is 51.5 Å². The summed E-state index contributed by atoms with van der Waals surface area (Å²) in [6.07, 6.45) is 2.47. The van der Waals surface area contributed by atoms with Crippen LogP contribution in [0.15, 0.2) is 18.7 Å². The number of hydrogen-bond acceptors (Lipinski definition) is 12. The topological polar surface area (TPSA) is 165 Å². The van der Waals surface area contributed by atoms with E-state index in [4.69, 9.17) is 25.8 Å². The largest absolute Gasteiger partial charge is 0.479 e. The maximum absolute atomic E-state index is 13.5. The van der Waals surface area contributed by atoms with Crippen molar-refractivity contribution >= 4 is 27.6 Å². The Morgan fingerprint density at radius 1 is 1.05 bits per heavy atom. The molecule has 0 unspecified atom stereocenters. The molecular formula is C21H25ClF2N8O6S. The molecule has 1 fully saturated rings. The standard InChI is InChI=1S/C21H25ClF2N8O6S/c1-10(15(35-2)16-25-7-12(22)8-26-16)39(33,34)31-21-30-29-17(11-5-13(6-11)38-20(23)24)32(21)14-18(36-3)27-9-28-19(14)37-4/h7-11,13,15,20H,5-6H2,1-4H3,(H,30,31)/t10-,11-,13+,15-/m0/s1. The van der Waals surface area contributed by atoms with Gasteiger partial charge in [-0.1, -0.05) is 11.6 Å². The molecule has 212 valence electrons. The van der Waals surface area contributed by atoms with Crippen LogP contribution in [0.1, 0.15) is 43.4 Å². The van der Waals surface area contributed by atoms with Gasteiger partial charge in [0.05, 0.1) is 25.3 Å². The Bertz CT molecular complexity index is 1370. The maximum atomic E-state index is 13.5. The van der Waals surface area contributed by atoms with Gasteiger partial charge >= 0.3 is 6.61 Å². The molecule has 1 saturated carbocycles. The van der Waals surface area contributed by atoms with E-state index in [0.717, 1.165) is 0 Å². The first kappa shape index (κ1) is 28.7. The Morgan fingerprint density at radius 3 is 2.21 bits per heavy atom. The zero-order chi connectivity index (χ0) is 28.3. The van der Waals surface area contributed by atoms with Crippen molar-refractivity contribution in [1.82, 2.24) is 34.7 Å². The molecule has 2 atom stereocenters. The quantitative estimate of drug-likeness (QED) is 0.328. The van der Waals surface area contributed by atoms with Crippen molar-refractivity contribution in [3.05, 3.63) is 35.4 Å². The molecular weight excluding hydrogens is 566 g/mol. The first-order chi connectivity index (χ1) is 18.6. The number of ether oxygens (including phenoxy) is 4. The van der Waals surface area contributed by atoms with Crippen molar-refractivity contribution in [2.45, 2.75) is 49.8 Å². The predicted molar refractivity (Wildman–Crippen MR) is 132 cm³/mol. The molecule has 3 aromatic rings. The normalized spacial score (nSPS) is 18.9. The van der Waals surface area contributed by atoms with Crippen molar-refractivity contribution in [3.8, 4) is 17.4 Å². The Balaban J connectivity index is 1.73. The second kappa shape index (κ2) is 11.8. The van der Waals surface area contributed by atoms with Gasteiger partial charge in [-0.15, -0.1) is 10.2 Å². The van der Waals surface area contributed by atoms with Crippen LogP contribution in [0.25, 0.3) is 5.69 Å². The molecule has 4 rings (SSSR count). The minimum atomic E-state index is -4.24. The second-order valence-corrected chi connectivity index (χ2v) is 10.9. The third kappa shape index (κ3) is 6.00. The van der Waals surface area contributed by atoms with Gasteiger partial charge in [-0.25, -0.2) is 18.4 Å². The summed E-state index contributed by atoms with van der Waals surface area (Å²) < 4.78 is 76.8. The Morgan fingerprint density at radius 2 is 1.67 bits per heavy atom. The highest BCUT2D eigenvalue weighted by molar-refractivity contribution is 7.93. The first-order valence-electron chi connectivity index (χ1n) is 11.4. The molecule has 3 heterocycles. The van der Waals surface area contributed by atoms with Crippen LogP contribution in [0.5, 0.6) is 11.8 Å². The Kier molecular flexibility index (Phi) is 8.73. The molecule has 0 bridgehead atoms. The van der Waals surface area contributed by atoms with Gasteiger partial charge in [-0.2, -0.15) is 18.7 Å². The lowest BCUT2D eigenvalue weighted by atomic mass is 9.81. The van der Waals surface area contributed by atoms with Crippen LogP contribution >= 0.6 is 11.6 Å². The molecule has 14 nitrogen and oxygen atoms in total. The number of methoxy groups -OCH3 is 3. The zero-order valence-electron chi connectivity index (χ0n) is 21.2. The van der Waals surface area contributed by atoms with E-state index in [1.54, 1.807) is 0 Å². The number of aromatic nitrogens is 7. The Labute approximate surface area is 227 Å². The summed E-state index contributed by atoms with van der Waals surface area (Å²) in [5.41, 5.74) is 0.107. The van der Waals surface area contributed by atoms with Crippen molar-refractivity contribution in [1.29, 1.82) is 0 Å². The number of nitrogens with zero attached hydrogens (tertiary/aromatic N) is 7. The van der Waals surface area contributed by atoms with Gasteiger partial charge in [-0.3, -0.25) is 9.29 Å². The van der Waals surface area contributed by atoms with Crippen molar-refractivity contribution < 1.29 is 36.1 Å². The number of rotatable bonds is 12. The van der Waals surface area contributed by atoms with Crippen LogP contribution in [0.3, 0.4) is 0 Å². The molecule has 0 radical (unpaired) electrons. The summed E-state index contributed by atoms with van der Waals surface area (Å²) in [6.45, 7) is -1.51. The highest BCUT2D eigenvalue weighted by atomic mass is 35.5. The molecule has 1 aliphatic carbocycles. The Hall–Kier alpha value is -3.28. The zero-order valence-corrected chi connectivity index (χ0v) is 22.7. The predicted octanol–water partition coefficient (Wildman–Crippen LogP) is 2.52. The number of anilines is 1. The number of nitrogens with one attached hydrogen (secondary N) is 1. The van der Waals surface area contributed by atoms with E-state index in [9.17, 15) is 17.2 Å². The van der Waals surface area contributed by atoms with Crippen LogP contribution in [0.4, 0.5) is 14.7 Å². The lowest BCUT2D eigenvalue weighted by molar-refractivity contribution is -0.184. The van der Waals surface area contributed by atoms with Gasteiger partial charge in [0, 0.05) is 25.4 Å². The summed E-state index contributed by atoms with van der Waals surface area (Å²) >= 11 is 5.85. The lowest BCUT2D eigenvalue weighted by Gasteiger charge is -2.34. The number of alkyl halides is 2. The van der Waals surface area contributed by atoms with Crippen LogP contribution < -0.4 is 14.2 Å². The van der Waals surface area contributed by atoms with Crippen LogP contribution in [0.2, 0.25) is 5.02 Å². The van der Waals surface area contributed by atoms with Gasteiger partial charge < -0.3 is 18.9 Å². The molecule has 1 aliphatic rings. The fourth-order valence-corrected chi connectivity index (χ4v) is 5.31. The van der Waals surface area contributed by atoms with Gasteiger partial charge in [0.1, 0.15) is 23.5 Å². The van der Waals surface area contributed by atoms with Gasteiger partial charge in [-0.05, 0) is 19.8 Å². The molecule has 39 heavy (non-hydrogen) atoms. The van der Waals surface area contributed by atoms with E-state index in [2.05, 4.69) is 39.6 Å². The minimum absolute atomic E-state index is 0.0282. The lowest BCUT2D eigenvalue weighted by Crippen LogP contribution is -2.34. The molecule has 1 N–H and O–H groups in total. The molecule has 0 aromatic carbocycles. The minimum Gasteiger partial charge on any atom is -0.479 e. The van der Waals surface area contributed by atoms with E-state index in [0.29, 0.717) is 0 Å². The number of halogens is 3. The van der Waals surface area contributed by atoms with E-state index in [1.807, 2.05) is 0 Å². The van der Waals surface area contributed by atoms with Crippen molar-refractivity contribution in [3.63, 3.8) is 0 Å². The summed E-state index contributed by atoms with van der Waals surface area (Å²) in [6, 6.07) is 0. The average molecular weight is 591 g/mol. The van der Waals surface area contributed by atoms with E-state index >= 15 is 0 Å². The van der Waals surface area contributed by atoms with Gasteiger partial charge in [0.2, 0.25) is 27.7 Å². The average Bonchev–Trinajstić information content (AvgIpc) is 3.28. The fourth-order valence-electron chi connectivity index (χ4n) is 4.08. The van der Waals surface area contributed by atoms with E-state index < -0.39 is 40.0 Å². The maximum Gasteiger partial charge on any atom is 0.345 e. The molecule has 18 heteroatoms. The molecule has 0 spiro atoms.